The smallest absolute Gasteiger partial charge is 0.311 e. The van der Waals surface area contributed by atoms with Gasteiger partial charge in [-0.05, 0) is 26.0 Å². The van der Waals surface area contributed by atoms with Crippen LogP contribution in [0.4, 0.5) is 5.13 Å². The highest BCUT2D eigenvalue weighted by Gasteiger charge is 2.15. The minimum atomic E-state index is -0.292. The molecule has 1 amide bonds. The number of hydrogen-bond acceptors (Lipinski definition) is 7. The van der Waals surface area contributed by atoms with Crippen molar-refractivity contribution in [2.24, 2.45) is 7.05 Å². The molecule has 27 heavy (non-hydrogen) atoms. The molecule has 9 heteroatoms. The lowest BCUT2D eigenvalue weighted by atomic mass is 10.3. The van der Waals surface area contributed by atoms with Crippen molar-refractivity contribution in [2.45, 2.75) is 25.4 Å². The highest BCUT2D eigenvalue weighted by Crippen LogP contribution is 2.25. The molecule has 142 valence electrons. The van der Waals surface area contributed by atoms with Crippen molar-refractivity contribution in [3.63, 3.8) is 0 Å². The van der Waals surface area contributed by atoms with Crippen LogP contribution in [0, 0.1) is 6.92 Å². The number of fused-ring (bicyclic) bond motifs is 1. The summed E-state index contributed by atoms with van der Waals surface area (Å²) in [6.45, 7) is 3.93. The molecule has 3 rings (SSSR count). The Morgan fingerprint density at radius 2 is 2.07 bits per heavy atom. The Bertz CT molecular complexity index is 980. The fraction of sp³-hybridized carbons (Fsp3) is 0.333. The van der Waals surface area contributed by atoms with E-state index < -0.39 is 0 Å². The van der Waals surface area contributed by atoms with Gasteiger partial charge in [-0.15, -0.1) is 11.3 Å². The van der Waals surface area contributed by atoms with E-state index in [0.717, 1.165) is 26.8 Å². The summed E-state index contributed by atoms with van der Waals surface area (Å²) in [5.41, 5.74) is 2.66. The van der Waals surface area contributed by atoms with Crippen LogP contribution in [0.3, 0.4) is 0 Å². The third-order valence-electron chi connectivity index (χ3n) is 3.83. The lowest BCUT2D eigenvalue weighted by Crippen LogP contribution is -2.14. The Morgan fingerprint density at radius 3 is 2.81 bits per heavy atom. The molecule has 0 unspecified atom stereocenters. The van der Waals surface area contributed by atoms with Crippen molar-refractivity contribution in [3.05, 3.63) is 34.8 Å². The maximum absolute atomic E-state index is 12.3. The quantitative estimate of drug-likeness (QED) is 0.481. The predicted octanol–water partition coefficient (Wildman–Crippen LogP) is 3.17. The number of carbonyl (C=O) groups excluding carboxylic acids is 2. The molecule has 0 atom stereocenters. The second-order valence-corrected chi connectivity index (χ2v) is 7.81. The molecule has 0 aliphatic carbocycles. The topological polar surface area (TPSA) is 86.1 Å². The van der Waals surface area contributed by atoms with Crippen LogP contribution in [0.5, 0.6) is 0 Å². The molecular weight excluding hydrogens is 384 g/mol. The van der Waals surface area contributed by atoms with Crippen molar-refractivity contribution in [1.82, 2.24) is 14.5 Å². The van der Waals surface area contributed by atoms with Crippen LogP contribution in [-0.2, 0) is 27.8 Å². The molecule has 1 N–H and O–H groups in total. The Morgan fingerprint density at radius 1 is 1.30 bits per heavy atom. The maximum Gasteiger partial charge on any atom is 0.311 e. The van der Waals surface area contributed by atoms with E-state index in [1.165, 1.54) is 23.1 Å². The van der Waals surface area contributed by atoms with Crippen molar-refractivity contribution < 1.29 is 14.3 Å². The van der Waals surface area contributed by atoms with Crippen LogP contribution < -0.4 is 5.32 Å². The van der Waals surface area contributed by atoms with Crippen LogP contribution in [0.15, 0.2) is 29.4 Å². The molecule has 0 radical (unpaired) electrons. The molecular formula is C18H20N4O3S2. The van der Waals surface area contributed by atoms with Crippen molar-refractivity contribution >= 4 is 51.1 Å². The van der Waals surface area contributed by atoms with E-state index in [0.29, 0.717) is 11.7 Å². The van der Waals surface area contributed by atoms with Gasteiger partial charge in [0, 0.05) is 11.9 Å². The van der Waals surface area contributed by atoms with Gasteiger partial charge in [0.05, 0.1) is 35.5 Å². The molecule has 2 heterocycles. The highest BCUT2D eigenvalue weighted by molar-refractivity contribution is 7.99. The zero-order chi connectivity index (χ0) is 19.4. The summed E-state index contributed by atoms with van der Waals surface area (Å²) in [6.07, 6.45) is 0.168. The largest absolute Gasteiger partial charge is 0.466 e. The van der Waals surface area contributed by atoms with E-state index >= 15 is 0 Å². The summed E-state index contributed by atoms with van der Waals surface area (Å²) in [7, 11) is 1.93. The number of esters is 1. The van der Waals surface area contributed by atoms with Gasteiger partial charge in [-0.3, -0.25) is 9.59 Å². The second-order valence-electron chi connectivity index (χ2n) is 5.79. The third-order valence-corrected chi connectivity index (χ3v) is 5.93. The van der Waals surface area contributed by atoms with E-state index in [4.69, 9.17) is 4.74 Å². The van der Waals surface area contributed by atoms with Gasteiger partial charge in [0.2, 0.25) is 5.91 Å². The number of para-hydroxylation sites is 2. The first-order valence-corrected chi connectivity index (χ1v) is 10.2. The van der Waals surface area contributed by atoms with Crippen LogP contribution >= 0.6 is 23.1 Å². The minimum Gasteiger partial charge on any atom is -0.466 e. The van der Waals surface area contributed by atoms with Crippen LogP contribution in [0.1, 0.15) is 17.5 Å². The fourth-order valence-corrected chi connectivity index (χ4v) is 4.28. The molecule has 0 aliphatic heterocycles. The SMILES string of the molecule is CCOC(=O)Cc1sc(NC(=O)CSc2nc3ccccc3n2C)nc1C. The van der Waals surface area contributed by atoms with Crippen LogP contribution in [-0.4, -0.2) is 38.8 Å². The molecule has 0 bridgehead atoms. The summed E-state index contributed by atoms with van der Waals surface area (Å²) in [5, 5.41) is 4.06. The Kier molecular flexibility index (Phi) is 6.12. The van der Waals surface area contributed by atoms with Gasteiger partial charge in [0.25, 0.3) is 0 Å². The van der Waals surface area contributed by atoms with Gasteiger partial charge in [-0.25, -0.2) is 9.97 Å². The average Bonchev–Trinajstić information content (AvgIpc) is 3.13. The van der Waals surface area contributed by atoms with Gasteiger partial charge in [0.1, 0.15) is 0 Å². The lowest BCUT2D eigenvalue weighted by molar-refractivity contribution is -0.142. The zero-order valence-electron chi connectivity index (χ0n) is 15.3. The Labute approximate surface area is 165 Å². The number of thioether (sulfide) groups is 1. The van der Waals surface area contributed by atoms with Crippen molar-refractivity contribution in [1.29, 1.82) is 0 Å². The van der Waals surface area contributed by atoms with E-state index in [-0.39, 0.29) is 24.1 Å². The number of nitrogens with zero attached hydrogens (tertiary/aromatic N) is 3. The minimum absolute atomic E-state index is 0.163. The first-order chi connectivity index (χ1) is 13.0. The molecule has 1 aromatic carbocycles. The normalized spacial score (nSPS) is 10.9. The number of ether oxygens (including phenoxy) is 1. The lowest BCUT2D eigenvalue weighted by Gasteiger charge is -2.02. The number of aryl methyl sites for hydroxylation is 2. The van der Waals surface area contributed by atoms with Crippen LogP contribution in [0.25, 0.3) is 11.0 Å². The Hall–Kier alpha value is -2.39. The van der Waals surface area contributed by atoms with Gasteiger partial charge < -0.3 is 14.6 Å². The number of imidazole rings is 1. The number of hydrogen-bond donors (Lipinski definition) is 1. The molecule has 2 aromatic heterocycles. The fourth-order valence-electron chi connectivity index (χ4n) is 2.53. The van der Waals surface area contributed by atoms with Crippen molar-refractivity contribution in [2.75, 3.05) is 17.7 Å². The molecule has 0 saturated heterocycles. The molecule has 0 fully saturated rings. The zero-order valence-corrected chi connectivity index (χ0v) is 16.9. The summed E-state index contributed by atoms with van der Waals surface area (Å²) < 4.78 is 6.93. The molecule has 0 spiro atoms. The number of aromatic nitrogens is 3. The summed E-state index contributed by atoms with van der Waals surface area (Å²) >= 11 is 2.67. The Balaban J connectivity index is 1.59. The first kappa shape index (κ1) is 19.4. The van der Waals surface area contributed by atoms with Gasteiger partial charge in [-0.2, -0.15) is 0 Å². The standard InChI is InChI=1S/C18H20N4O3S2/c1-4-25-16(24)9-14-11(2)19-17(27-14)21-15(23)10-26-18-20-12-7-5-6-8-13(12)22(18)3/h5-8H,4,9-10H2,1-3H3,(H,19,21,23). The molecule has 7 nitrogen and oxygen atoms in total. The number of nitrogens with one attached hydrogen (secondary N) is 1. The van der Waals surface area contributed by atoms with E-state index in [2.05, 4.69) is 15.3 Å². The first-order valence-electron chi connectivity index (χ1n) is 8.44. The second kappa shape index (κ2) is 8.53. The third kappa shape index (κ3) is 4.67. The van der Waals surface area contributed by atoms with E-state index in [1.807, 2.05) is 42.8 Å². The van der Waals surface area contributed by atoms with Crippen molar-refractivity contribution in [3.8, 4) is 0 Å². The summed E-state index contributed by atoms with van der Waals surface area (Å²) in [4.78, 5) is 33.5. The van der Waals surface area contributed by atoms with Gasteiger partial charge in [-0.1, -0.05) is 23.9 Å². The highest BCUT2D eigenvalue weighted by atomic mass is 32.2. The van der Waals surface area contributed by atoms with E-state index in [1.54, 1.807) is 6.92 Å². The molecule has 0 aliphatic rings. The summed E-state index contributed by atoms with van der Waals surface area (Å²) in [5.74, 6) is -0.230. The summed E-state index contributed by atoms with van der Waals surface area (Å²) in [6, 6.07) is 7.85. The average molecular weight is 405 g/mol. The van der Waals surface area contributed by atoms with Gasteiger partial charge >= 0.3 is 5.97 Å². The number of rotatable bonds is 7. The van der Waals surface area contributed by atoms with E-state index in [9.17, 15) is 9.59 Å². The predicted molar refractivity (Wildman–Crippen MR) is 107 cm³/mol. The maximum atomic E-state index is 12.3. The number of anilines is 1. The monoisotopic (exact) mass is 404 g/mol. The number of thiazole rings is 1. The molecule has 0 saturated carbocycles. The van der Waals surface area contributed by atoms with Gasteiger partial charge in [0.15, 0.2) is 10.3 Å². The number of amides is 1. The van der Waals surface area contributed by atoms with Crippen LogP contribution in [0.2, 0.25) is 0 Å². The number of benzene rings is 1. The molecule has 3 aromatic rings. The number of carbonyl (C=O) groups is 2.